The monoisotopic (exact) mass is 381 g/mol. The maximum absolute atomic E-state index is 12.6. The Bertz CT molecular complexity index is 696. The molecule has 1 aliphatic rings. The quantitative estimate of drug-likeness (QED) is 0.710. The van der Waals surface area contributed by atoms with Gasteiger partial charge in [0.1, 0.15) is 16.4 Å². The van der Waals surface area contributed by atoms with Crippen molar-refractivity contribution in [3.05, 3.63) is 35.9 Å². The van der Waals surface area contributed by atoms with Crippen molar-refractivity contribution < 1.29 is 22.7 Å². The largest absolute Gasteiger partial charge is 0.445 e. The third-order valence-corrected chi connectivity index (χ3v) is 5.61. The van der Waals surface area contributed by atoms with Gasteiger partial charge in [0.2, 0.25) is 0 Å². The average Bonchev–Trinajstić information content (AvgIpc) is 3.09. The Morgan fingerprint density at radius 1 is 1.19 bits per heavy atom. The molecule has 26 heavy (non-hydrogen) atoms. The van der Waals surface area contributed by atoms with Gasteiger partial charge in [-0.05, 0) is 17.9 Å². The molecule has 0 spiro atoms. The minimum absolute atomic E-state index is 0.0742. The van der Waals surface area contributed by atoms with Crippen LogP contribution in [-0.2, 0) is 26.0 Å². The second kappa shape index (κ2) is 9.71. The first-order valence-corrected chi connectivity index (χ1v) is 11.1. The van der Waals surface area contributed by atoms with E-state index in [1.807, 2.05) is 30.3 Å². The highest BCUT2D eigenvalue weighted by atomic mass is 32.2. The smallest absolute Gasteiger partial charge is 0.408 e. The molecule has 0 radical (unpaired) electrons. The van der Waals surface area contributed by atoms with Crippen molar-refractivity contribution in [3.8, 4) is 0 Å². The van der Waals surface area contributed by atoms with Crippen LogP contribution in [0.15, 0.2) is 30.3 Å². The van der Waals surface area contributed by atoms with Gasteiger partial charge in [-0.1, -0.05) is 56.0 Å². The number of carbonyl (C=O) groups excluding carboxylic acids is 2. The number of Topliss-reactive ketones (excluding diaryl/α,β-unsaturated/α-hetero) is 1. The van der Waals surface area contributed by atoms with E-state index in [9.17, 15) is 18.0 Å². The Balaban J connectivity index is 1.90. The number of hydrogen-bond acceptors (Lipinski definition) is 5. The number of benzene rings is 1. The fourth-order valence-electron chi connectivity index (χ4n) is 3.19. The molecule has 0 bridgehead atoms. The van der Waals surface area contributed by atoms with Gasteiger partial charge in [0.25, 0.3) is 0 Å². The van der Waals surface area contributed by atoms with E-state index >= 15 is 0 Å². The Morgan fingerprint density at radius 3 is 2.46 bits per heavy atom. The highest BCUT2D eigenvalue weighted by molar-refractivity contribution is 7.90. The van der Waals surface area contributed by atoms with Gasteiger partial charge in [-0.3, -0.25) is 4.79 Å². The maximum atomic E-state index is 12.6. The van der Waals surface area contributed by atoms with E-state index in [1.54, 1.807) is 0 Å². The van der Waals surface area contributed by atoms with E-state index in [-0.39, 0.29) is 24.6 Å². The van der Waals surface area contributed by atoms with Crippen molar-refractivity contribution in [3.63, 3.8) is 0 Å². The van der Waals surface area contributed by atoms with Crippen LogP contribution in [0.1, 0.15) is 44.1 Å². The van der Waals surface area contributed by atoms with E-state index in [0.717, 1.165) is 37.5 Å². The summed E-state index contributed by atoms with van der Waals surface area (Å²) in [5.41, 5.74) is 0.840. The van der Waals surface area contributed by atoms with Crippen LogP contribution >= 0.6 is 0 Å². The van der Waals surface area contributed by atoms with E-state index in [0.29, 0.717) is 12.3 Å². The molecule has 1 amide bonds. The Labute approximate surface area is 155 Å². The summed E-state index contributed by atoms with van der Waals surface area (Å²) in [5, 5.41) is 2.56. The number of ether oxygens (including phenoxy) is 1. The number of amides is 1. The molecule has 1 fully saturated rings. The second-order valence-electron chi connectivity index (χ2n) is 7.00. The molecule has 1 aliphatic carbocycles. The summed E-state index contributed by atoms with van der Waals surface area (Å²) in [4.78, 5) is 24.6. The molecule has 0 unspecified atom stereocenters. The molecule has 7 heteroatoms. The molecule has 144 valence electrons. The lowest BCUT2D eigenvalue weighted by molar-refractivity contribution is -0.121. The van der Waals surface area contributed by atoms with E-state index in [2.05, 4.69) is 5.32 Å². The predicted octanol–water partition coefficient (Wildman–Crippen LogP) is 2.87. The maximum Gasteiger partial charge on any atom is 0.408 e. The zero-order valence-electron chi connectivity index (χ0n) is 15.1. The average molecular weight is 381 g/mol. The van der Waals surface area contributed by atoms with Crippen LogP contribution in [0.5, 0.6) is 0 Å². The normalized spacial score (nSPS) is 16.2. The molecule has 1 saturated carbocycles. The Kier molecular flexibility index (Phi) is 7.63. The molecule has 0 heterocycles. The summed E-state index contributed by atoms with van der Waals surface area (Å²) in [6, 6.07) is 8.40. The van der Waals surface area contributed by atoms with Gasteiger partial charge in [-0.15, -0.1) is 0 Å². The number of hydrogen-bond donors (Lipinski definition) is 1. The fourth-order valence-corrected chi connectivity index (χ4v) is 3.86. The lowest BCUT2D eigenvalue weighted by Gasteiger charge is -2.19. The van der Waals surface area contributed by atoms with Crippen molar-refractivity contribution in [1.29, 1.82) is 0 Å². The Hall–Kier alpha value is -1.89. The summed E-state index contributed by atoms with van der Waals surface area (Å²) < 4.78 is 28.0. The summed E-state index contributed by atoms with van der Waals surface area (Å²) in [6.45, 7) is 0.0995. The van der Waals surface area contributed by atoms with E-state index in [4.69, 9.17) is 4.74 Å². The fraction of sp³-hybridized carbons (Fsp3) is 0.579. The van der Waals surface area contributed by atoms with Gasteiger partial charge in [-0.2, -0.15) is 0 Å². The zero-order valence-corrected chi connectivity index (χ0v) is 16.0. The van der Waals surface area contributed by atoms with Gasteiger partial charge in [-0.25, -0.2) is 13.2 Å². The van der Waals surface area contributed by atoms with Crippen LogP contribution in [0, 0.1) is 5.92 Å². The first-order chi connectivity index (χ1) is 12.3. The highest BCUT2D eigenvalue weighted by Crippen LogP contribution is 2.28. The van der Waals surface area contributed by atoms with E-state index in [1.165, 1.54) is 0 Å². The third-order valence-electron chi connectivity index (χ3n) is 4.64. The van der Waals surface area contributed by atoms with Crippen LogP contribution in [0.2, 0.25) is 0 Å². The molecule has 0 aliphatic heterocycles. The number of ketones is 1. The van der Waals surface area contributed by atoms with Crippen molar-refractivity contribution in [2.24, 2.45) is 5.92 Å². The summed E-state index contributed by atoms with van der Waals surface area (Å²) >= 11 is 0. The predicted molar refractivity (Wildman–Crippen MR) is 99.5 cm³/mol. The van der Waals surface area contributed by atoms with Crippen LogP contribution in [0.4, 0.5) is 4.79 Å². The van der Waals surface area contributed by atoms with Gasteiger partial charge >= 0.3 is 6.09 Å². The van der Waals surface area contributed by atoms with Crippen molar-refractivity contribution in [1.82, 2.24) is 5.32 Å². The number of sulfone groups is 1. The number of carbonyl (C=O) groups is 2. The lowest BCUT2D eigenvalue weighted by atomic mass is 9.96. The van der Waals surface area contributed by atoms with Crippen LogP contribution in [-0.4, -0.2) is 38.3 Å². The van der Waals surface area contributed by atoms with Gasteiger partial charge < -0.3 is 10.1 Å². The zero-order chi connectivity index (χ0) is 19.0. The summed E-state index contributed by atoms with van der Waals surface area (Å²) in [5.74, 6) is 0.0788. The minimum atomic E-state index is -3.22. The third kappa shape index (κ3) is 7.56. The van der Waals surface area contributed by atoms with Crippen LogP contribution in [0.3, 0.4) is 0 Å². The molecule has 1 atom stereocenters. The molecule has 1 aromatic carbocycles. The molecule has 2 rings (SSSR count). The van der Waals surface area contributed by atoms with Gasteiger partial charge in [0.05, 0.1) is 11.8 Å². The number of alkyl carbamates (subject to hydrolysis) is 1. The standard InChI is InChI=1S/C19H27NO5S/c1-26(23,24)12-11-17(18(21)13-15-7-5-6-8-15)20-19(22)25-14-16-9-3-2-4-10-16/h2-4,9-10,15,17H,5-8,11-14H2,1H3,(H,20,22)/t17-/m0/s1. The van der Waals surface area contributed by atoms with Crippen molar-refractivity contribution in [2.45, 2.75) is 51.2 Å². The molecule has 6 nitrogen and oxygen atoms in total. The van der Waals surface area contributed by atoms with Crippen molar-refractivity contribution in [2.75, 3.05) is 12.0 Å². The first kappa shape index (κ1) is 20.4. The summed E-state index contributed by atoms with van der Waals surface area (Å²) in [6.07, 6.45) is 5.16. The minimum Gasteiger partial charge on any atom is -0.445 e. The molecule has 0 aromatic heterocycles. The number of nitrogens with one attached hydrogen (secondary N) is 1. The van der Waals surface area contributed by atoms with Crippen LogP contribution < -0.4 is 5.32 Å². The molecular formula is C19H27NO5S. The van der Waals surface area contributed by atoms with Gasteiger partial charge in [0, 0.05) is 12.7 Å². The van der Waals surface area contributed by atoms with Crippen molar-refractivity contribution >= 4 is 21.7 Å². The highest BCUT2D eigenvalue weighted by Gasteiger charge is 2.26. The topological polar surface area (TPSA) is 89.5 Å². The second-order valence-corrected chi connectivity index (χ2v) is 9.26. The first-order valence-electron chi connectivity index (χ1n) is 9.01. The Morgan fingerprint density at radius 2 is 1.85 bits per heavy atom. The van der Waals surface area contributed by atoms with Gasteiger partial charge in [0.15, 0.2) is 5.78 Å². The van der Waals surface area contributed by atoms with Crippen LogP contribution in [0.25, 0.3) is 0 Å². The number of rotatable bonds is 9. The molecule has 1 aromatic rings. The van der Waals surface area contributed by atoms with E-state index < -0.39 is 22.0 Å². The molecule has 0 saturated heterocycles. The molecular weight excluding hydrogens is 354 g/mol. The molecule has 1 N–H and O–H groups in total. The SMILES string of the molecule is CS(=O)(=O)CC[C@H](NC(=O)OCc1ccccc1)C(=O)CC1CCCC1. The summed E-state index contributed by atoms with van der Waals surface area (Å²) in [7, 11) is -3.22. The lowest BCUT2D eigenvalue weighted by Crippen LogP contribution is -2.42.